The Morgan fingerprint density at radius 3 is 2.41 bits per heavy atom. The molecule has 0 bridgehead atoms. The summed E-state index contributed by atoms with van der Waals surface area (Å²) in [5, 5.41) is 2.89. The van der Waals surface area contributed by atoms with Crippen LogP contribution in [0.15, 0.2) is 24.3 Å². The molecule has 94 valence electrons. The van der Waals surface area contributed by atoms with Crippen molar-refractivity contribution in [2.24, 2.45) is 5.92 Å². The van der Waals surface area contributed by atoms with Gasteiger partial charge in [0.25, 0.3) is 0 Å². The van der Waals surface area contributed by atoms with E-state index in [4.69, 9.17) is 4.74 Å². The van der Waals surface area contributed by atoms with Crippen LogP contribution in [0.2, 0.25) is 0 Å². The van der Waals surface area contributed by atoms with Crippen LogP contribution < -0.4 is 10.1 Å². The van der Waals surface area contributed by atoms with Crippen molar-refractivity contribution in [3.8, 4) is 5.75 Å². The quantitative estimate of drug-likeness (QED) is 0.849. The van der Waals surface area contributed by atoms with E-state index in [0.717, 1.165) is 11.3 Å². The summed E-state index contributed by atoms with van der Waals surface area (Å²) in [6.07, 6.45) is 0. The standard InChI is InChI=1S/C13H18BrNO2/c1-9(2)12(14)13(16)15-8-10-4-6-11(17-3)7-5-10/h4-7,9,12H,8H2,1-3H3,(H,15,16). The highest BCUT2D eigenvalue weighted by molar-refractivity contribution is 9.10. The lowest BCUT2D eigenvalue weighted by Gasteiger charge is -2.13. The molecule has 0 saturated carbocycles. The summed E-state index contributed by atoms with van der Waals surface area (Å²) in [6.45, 7) is 4.55. The van der Waals surface area contributed by atoms with Crippen LogP contribution in [0.25, 0.3) is 0 Å². The van der Waals surface area contributed by atoms with Gasteiger partial charge in [-0.2, -0.15) is 0 Å². The first-order chi connectivity index (χ1) is 8.04. The molecule has 0 aliphatic carbocycles. The lowest BCUT2D eigenvalue weighted by Crippen LogP contribution is -2.33. The van der Waals surface area contributed by atoms with Crippen LogP contribution >= 0.6 is 15.9 Å². The predicted octanol–water partition coefficient (Wildman–Crippen LogP) is 2.73. The van der Waals surface area contributed by atoms with Gasteiger partial charge >= 0.3 is 0 Å². The van der Waals surface area contributed by atoms with Crippen LogP contribution in [0.5, 0.6) is 5.75 Å². The van der Waals surface area contributed by atoms with Crippen molar-refractivity contribution in [1.82, 2.24) is 5.32 Å². The van der Waals surface area contributed by atoms with Crippen LogP contribution in [0.1, 0.15) is 19.4 Å². The van der Waals surface area contributed by atoms with Crippen molar-refractivity contribution in [3.63, 3.8) is 0 Å². The van der Waals surface area contributed by atoms with Gasteiger partial charge in [-0.15, -0.1) is 0 Å². The Hall–Kier alpha value is -1.03. The second-order valence-corrected chi connectivity index (χ2v) is 5.20. The van der Waals surface area contributed by atoms with Crippen molar-refractivity contribution in [1.29, 1.82) is 0 Å². The van der Waals surface area contributed by atoms with E-state index in [2.05, 4.69) is 21.2 Å². The summed E-state index contributed by atoms with van der Waals surface area (Å²) in [4.78, 5) is 11.6. The molecule has 1 amide bonds. The maximum Gasteiger partial charge on any atom is 0.234 e. The Balaban J connectivity index is 2.47. The van der Waals surface area contributed by atoms with Crippen molar-refractivity contribution in [2.45, 2.75) is 25.2 Å². The van der Waals surface area contributed by atoms with E-state index in [0.29, 0.717) is 6.54 Å². The highest BCUT2D eigenvalue weighted by Gasteiger charge is 2.17. The third-order valence-electron chi connectivity index (χ3n) is 2.46. The van der Waals surface area contributed by atoms with Gasteiger partial charge in [-0.25, -0.2) is 0 Å². The average Bonchev–Trinajstić information content (AvgIpc) is 2.35. The SMILES string of the molecule is COc1ccc(CNC(=O)C(Br)C(C)C)cc1. The van der Waals surface area contributed by atoms with Crippen molar-refractivity contribution in [3.05, 3.63) is 29.8 Å². The van der Waals surface area contributed by atoms with Crippen molar-refractivity contribution < 1.29 is 9.53 Å². The Morgan fingerprint density at radius 1 is 1.35 bits per heavy atom. The second-order valence-electron chi connectivity index (χ2n) is 4.21. The Labute approximate surface area is 111 Å². The molecule has 1 aromatic rings. The molecule has 1 rings (SSSR count). The fourth-order valence-electron chi connectivity index (χ4n) is 1.33. The van der Waals surface area contributed by atoms with Gasteiger partial charge in [0, 0.05) is 6.54 Å². The average molecular weight is 300 g/mol. The molecule has 17 heavy (non-hydrogen) atoms. The van der Waals surface area contributed by atoms with Gasteiger partial charge in [0.1, 0.15) is 5.75 Å². The number of carbonyl (C=O) groups is 1. The summed E-state index contributed by atoms with van der Waals surface area (Å²) >= 11 is 3.37. The van der Waals surface area contributed by atoms with Gasteiger partial charge in [-0.1, -0.05) is 41.9 Å². The van der Waals surface area contributed by atoms with Crippen LogP contribution in [-0.4, -0.2) is 17.8 Å². The molecule has 0 fully saturated rings. The van der Waals surface area contributed by atoms with E-state index in [1.165, 1.54) is 0 Å². The van der Waals surface area contributed by atoms with Crippen LogP contribution in [0, 0.1) is 5.92 Å². The molecule has 0 heterocycles. The number of halogens is 1. The minimum Gasteiger partial charge on any atom is -0.497 e. The zero-order valence-electron chi connectivity index (χ0n) is 10.4. The molecule has 3 nitrogen and oxygen atoms in total. The fraction of sp³-hybridized carbons (Fsp3) is 0.462. The van der Waals surface area contributed by atoms with E-state index in [9.17, 15) is 4.79 Å². The molecule has 0 spiro atoms. The zero-order chi connectivity index (χ0) is 12.8. The molecule has 1 aromatic carbocycles. The molecule has 1 atom stereocenters. The van der Waals surface area contributed by atoms with E-state index < -0.39 is 0 Å². The minimum atomic E-state index is -0.138. The number of hydrogen-bond acceptors (Lipinski definition) is 2. The first-order valence-corrected chi connectivity index (χ1v) is 6.51. The number of ether oxygens (including phenoxy) is 1. The maximum absolute atomic E-state index is 11.7. The van der Waals surface area contributed by atoms with E-state index >= 15 is 0 Å². The highest BCUT2D eigenvalue weighted by Crippen LogP contribution is 2.13. The molecule has 0 saturated heterocycles. The number of hydrogen-bond donors (Lipinski definition) is 1. The number of nitrogens with one attached hydrogen (secondary N) is 1. The van der Waals surface area contributed by atoms with Gasteiger partial charge in [0.15, 0.2) is 0 Å². The topological polar surface area (TPSA) is 38.3 Å². The fourth-order valence-corrected chi connectivity index (χ4v) is 1.49. The maximum atomic E-state index is 11.7. The molecular formula is C13H18BrNO2. The number of carbonyl (C=O) groups excluding carboxylic acids is 1. The summed E-state index contributed by atoms with van der Waals surface area (Å²) in [5.41, 5.74) is 1.06. The summed E-state index contributed by atoms with van der Waals surface area (Å²) in [7, 11) is 1.63. The van der Waals surface area contributed by atoms with Gasteiger partial charge in [0.2, 0.25) is 5.91 Å². The molecule has 0 aromatic heterocycles. The third-order valence-corrected chi connectivity index (χ3v) is 3.93. The molecule has 1 unspecified atom stereocenters. The molecule has 0 aliphatic rings. The molecule has 4 heteroatoms. The Bertz CT molecular complexity index is 362. The first-order valence-electron chi connectivity index (χ1n) is 5.59. The minimum absolute atomic E-state index is 0.0239. The number of benzene rings is 1. The van der Waals surface area contributed by atoms with Gasteiger partial charge in [-0.05, 0) is 23.6 Å². The largest absolute Gasteiger partial charge is 0.497 e. The molecule has 0 aliphatic heterocycles. The zero-order valence-corrected chi connectivity index (χ0v) is 12.0. The van der Waals surface area contributed by atoms with Crippen LogP contribution in [0.3, 0.4) is 0 Å². The van der Waals surface area contributed by atoms with Crippen LogP contribution in [0.4, 0.5) is 0 Å². The summed E-state index contributed by atoms with van der Waals surface area (Å²) < 4.78 is 5.07. The number of methoxy groups -OCH3 is 1. The predicted molar refractivity (Wildman–Crippen MR) is 72.4 cm³/mol. The number of amides is 1. The molecule has 0 radical (unpaired) electrons. The smallest absolute Gasteiger partial charge is 0.234 e. The van der Waals surface area contributed by atoms with Crippen LogP contribution in [-0.2, 0) is 11.3 Å². The number of alkyl halides is 1. The Morgan fingerprint density at radius 2 is 1.94 bits per heavy atom. The summed E-state index contributed by atoms with van der Waals surface area (Å²) in [5.74, 6) is 1.13. The molecule has 1 N–H and O–H groups in total. The first kappa shape index (κ1) is 14.0. The van der Waals surface area contributed by atoms with Gasteiger partial charge in [-0.3, -0.25) is 4.79 Å². The van der Waals surface area contributed by atoms with E-state index in [1.54, 1.807) is 7.11 Å². The third kappa shape index (κ3) is 4.38. The summed E-state index contributed by atoms with van der Waals surface area (Å²) in [6, 6.07) is 7.65. The lowest BCUT2D eigenvalue weighted by atomic mass is 10.1. The normalized spacial score (nSPS) is 12.3. The monoisotopic (exact) mass is 299 g/mol. The second kappa shape index (κ2) is 6.64. The van der Waals surface area contributed by atoms with Crippen molar-refractivity contribution >= 4 is 21.8 Å². The van der Waals surface area contributed by atoms with Crippen molar-refractivity contribution in [2.75, 3.05) is 7.11 Å². The van der Waals surface area contributed by atoms with E-state index in [-0.39, 0.29) is 16.7 Å². The van der Waals surface area contributed by atoms with Gasteiger partial charge in [0.05, 0.1) is 11.9 Å². The lowest BCUT2D eigenvalue weighted by molar-refractivity contribution is -0.121. The molecular weight excluding hydrogens is 282 g/mol. The highest BCUT2D eigenvalue weighted by atomic mass is 79.9. The van der Waals surface area contributed by atoms with Gasteiger partial charge < -0.3 is 10.1 Å². The Kier molecular flexibility index (Phi) is 5.48. The van der Waals surface area contributed by atoms with E-state index in [1.807, 2.05) is 38.1 Å². The number of rotatable bonds is 5.